The number of rotatable bonds is 9. The van der Waals surface area contributed by atoms with Crippen molar-refractivity contribution in [1.82, 2.24) is 26.6 Å². The van der Waals surface area contributed by atoms with Gasteiger partial charge in [0.1, 0.15) is 53.0 Å². The van der Waals surface area contributed by atoms with Gasteiger partial charge in [0.05, 0.1) is 6.54 Å². The van der Waals surface area contributed by atoms with Gasteiger partial charge in [0.25, 0.3) is 0 Å². The van der Waals surface area contributed by atoms with Gasteiger partial charge in [0.2, 0.25) is 11.8 Å². The lowest BCUT2D eigenvalue weighted by atomic mass is 9.95. The third-order valence-corrected chi connectivity index (χ3v) is 7.93. The summed E-state index contributed by atoms with van der Waals surface area (Å²) in [7, 11) is 0. The molecule has 0 aliphatic carbocycles. The molecule has 17 heteroatoms. The van der Waals surface area contributed by atoms with Crippen molar-refractivity contribution < 1.29 is 57.9 Å². The number of phenols is 2. The van der Waals surface area contributed by atoms with Gasteiger partial charge in [-0.05, 0) is 122 Å². The number of hydrogen-bond donors (Lipinski definition) is 7. The van der Waals surface area contributed by atoms with Crippen molar-refractivity contribution in [2.24, 2.45) is 0 Å². The minimum Gasteiger partial charge on any atom is -0.508 e. The van der Waals surface area contributed by atoms with Crippen LogP contribution < -0.4 is 26.6 Å². The van der Waals surface area contributed by atoms with Crippen LogP contribution in [0.4, 0.5) is 14.4 Å². The fourth-order valence-corrected chi connectivity index (χ4v) is 5.49. The maximum absolute atomic E-state index is 14.1. The monoisotopic (exact) mass is 799 g/mol. The molecule has 0 unspecified atom stereocenters. The van der Waals surface area contributed by atoms with Gasteiger partial charge in [-0.25, -0.2) is 19.2 Å². The van der Waals surface area contributed by atoms with Gasteiger partial charge in [-0.1, -0.05) is 12.1 Å². The van der Waals surface area contributed by atoms with Crippen molar-refractivity contribution in [3.05, 3.63) is 47.5 Å². The standard InChI is InChI=1S/C40H57N5O12/c1-38(2,3)55-35(51)41-16-10-11-27-32(48)44-29(34(50)54-18-17-42-36(52)56-39(4,5)6)22-26-20-24(13-15-31(26)47)23-12-14-30(46)25(19-23)21-28(33(49)43-27)45-37(53)57-40(7,8)9/h12-15,19-20,27-29,46-47H,10-11,16-18,21-22H2,1-9H3,(H,41,51)(H,42,52)(H,43,49)(H,44,48)(H,45,53)/t27-,28-,29-/m0/s1. The first-order valence-electron chi connectivity index (χ1n) is 18.7. The number of fused-ring (bicyclic) bond motifs is 5. The molecule has 0 saturated carbocycles. The van der Waals surface area contributed by atoms with Crippen LogP contribution in [0.1, 0.15) is 86.3 Å². The zero-order valence-corrected chi connectivity index (χ0v) is 34.1. The average molecular weight is 800 g/mol. The zero-order chi connectivity index (χ0) is 42.7. The molecule has 4 bridgehead atoms. The van der Waals surface area contributed by atoms with E-state index in [2.05, 4.69) is 26.6 Å². The maximum atomic E-state index is 14.1. The summed E-state index contributed by atoms with van der Waals surface area (Å²) in [4.78, 5) is 79.1. The van der Waals surface area contributed by atoms with E-state index in [1.54, 1.807) is 86.6 Å². The van der Waals surface area contributed by atoms with E-state index < -0.39 is 71.0 Å². The number of nitrogens with one attached hydrogen (secondary N) is 5. The average Bonchev–Trinajstić information content (AvgIpc) is 3.06. The highest BCUT2D eigenvalue weighted by Crippen LogP contribution is 2.31. The Balaban J connectivity index is 2.01. The molecule has 3 atom stereocenters. The topological polar surface area (TPSA) is 240 Å². The van der Waals surface area contributed by atoms with E-state index in [9.17, 15) is 39.0 Å². The Hall–Kier alpha value is -5.74. The van der Waals surface area contributed by atoms with Crippen LogP contribution in [0.25, 0.3) is 11.1 Å². The van der Waals surface area contributed by atoms with Crippen molar-refractivity contribution in [3.63, 3.8) is 0 Å². The second kappa shape index (κ2) is 19.4. The number of carbonyl (C=O) groups is 6. The quantitative estimate of drug-likeness (QED) is 0.108. The van der Waals surface area contributed by atoms with E-state index in [4.69, 9.17) is 18.9 Å². The molecule has 1 aliphatic rings. The largest absolute Gasteiger partial charge is 0.508 e. The van der Waals surface area contributed by atoms with Crippen LogP contribution in [0.15, 0.2) is 36.4 Å². The summed E-state index contributed by atoms with van der Waals surface area (Å²) < 4.78 is 21.3. The number of ether oxygens (including phenoxy) is 4. The zero-order valence-electron chi connectivity index (χ0n) is 34.1. The maximum Gasteiger partial charge on any atom is 0.408 e. The molecule has 3 rings (SSSR count). The summed E-state index contributed by atoms with van der Waals surface area (Å²) >= 11 is 0. The lowest BCUT2D eigenvalue weighted by molar-refractivity contribution is -0.148. The molecule has 2 aromatic rings. The molecule has 5 amide bonds. The molecule has 17 nitrogen and oxygen atoms in total. The van der Waals surface area contributed by atoms with Crippen molar-refractivity contribution in [1.29, 1.82) is 0 Å². The summed E-state index contributed by atoms with van der Waals surface area (Å²) in [6, 6.07) is 5.20. The van der Waals surface area contributed by atoms with Gasteiger partial charge in [-0.15, -0.1) is 0 Å². The first-order chi connectivity index (χ1) is 26.4. The van der Waals surface area contributed by atoms with Gasteiger partial charge in [-0.2, -0.15) is 0 Å². The molecule has 314 valence electrons. The summed E-state index contributed by atoms with van der Waals surface area (Å²) in [6.07, 6.45) is -2.72. The van der Waals surface area contributed by atoms with E-state index >= 15 is 0 Å². The highest BCUT2D eigenvalue weighted by molar-refractivity contribution is 5.93. The first-order valence-corrected chi connectivity index (χ1v) is 18.7. The van der Waals surface area contributed by atoms with Crippen LogP contribution in [0, 0.1) is 0 Å². The highest BCUT2D eigenvalue weighted by atomic mass is 16.6. The molecule has 1 aliphatic heterocycles. The van der Waals surface area contributed by atoms with Crippen LogP contribution in [0.5, 0.6) is 11.5 Å². The molecule has 0 aromatic heterocycles. The smallest absolute Gasteiger partial charge is 0.408 e. The predicted octanol–water partition coefficient (Wildman–Crippen LogP) is 4.10. The first kappa shape index (κ1) is 45.6. The summed E-state index contributed by atoms with van der Waals surface area (Å²) in [5.74, 6) is -2.89. The van der Waals surface area contributed by atoms with E-state index in [1.165, 1.54) is 12.1 Å². The normalized spacial score (nSPS) is 17.7. The Labute approximate surface area is 332 Å². The highest BCUT2D eigenvalue weighted by Gasteiger charge is 2.33. The Morgan fingerprint density at radius 2 is 1.18 bits per heavy atom. The minimum absolute atomic E-state index is 0.0472. The molecule has 2 aromatic carbocycles. The Bertz CT molecular complexity index is 1780. The molecular weight excluding hydrogens is 742 g/mol. The number of amides is 5. The van der Waals surface area contributed by atoms with Gasteiger partial charge >= 0.3 is 24.2 Å². The van der Waals surface area contributed by atoms with Gasteiger partial charge in [-0.3, -0.25) is 9.59 Å². The Morgan fingerprint density at radius 3 is 1.70 bits per heavy atom. The van der Waals surface area contributed by atoms with Crippen LogP contribution in [0.2, 0.25) is 0 Å². The van der Waals surface area contributed by atoms with Crippen molar-refractivity contribution in [3.8, 4) is 22.6 Å². The van der Waals surface area contributed by atoms with Gasteiger partial charge < -0.3 is 55.7 Å². The fourth-order valence-electron chi connectivity index (χ4n) is 5.49. The van der Waals surface area contributed by atoms with Crippen molar-refractivity contribution in [2.45, 2.75) is 123 Å². The molecular formula is C40H57N5O12. The molecule has 1 heterocycles. The molecule has 0 saturated heterocycles. The predicted molar refractivity (Wildman–Crippen MR) is 208 cm³/mol. The van der Waals surface area contributed by atoms with E-state index in [0.717, 1.165) is 0 Å². The van der Waals surface area contributed by atoms with Crippen molar-refractivity contribution >= 4 is 36.1 Å². The Morgan fingerprint density at radius 1 is 0.684 bits per heavy atom. The summed E-state index contributed by atoms with van der Waals surface area (Å²) in [6.45, 7) is 14.8. The van der Waals surface area contributed by atoms with Crippen LogP contribution in [-0.4, -0.2) is 101 Å². The summed E-state index contributed by atoms with van der Waals surface area (Å²) in [5.41, 5.74) is -0.752. The minimum atomic E-state index is -1.41. The van der Waals surface area contributed by atoms with Crippen LogP contribution in [-0.2, 0) is 46.2 Å². The Kier molecular flexibility index (Phi) is 15.5. The molecule has 7 N–H and O–H groups in total. The second-order valence-corrected chi connectivity index (χ2v) is 16.6. The number of aromatic hydroxyl groups is 2. The van der Waals surface area contributed by atoms with E-state index in [-0.39, 0.29) is 68.0 Å². The van der Waals surface area contributed by atoms with E-state index in [1.807, 2.05) is 0 Å². The number of benzene rings is 2. The molecule has 57 heavy (non-hydrogen) atoms. The van der Waals surface area contributed by atoms with Gasteiger partial charge in [0.15, 0.2) is 0 Å². The number of hydrogen-bond acceptors (Lipinski definition) is 12. The number of carbonyl (C=O) groups excluding carboxylic acids is 6. The summed E-state index contributed by atoms with van der Waals surface area (Å²) in [5, 5.41) is 34.7. The third-order valence-electron chi connectivity index (χ3n) is 7.93. The number of alkyl carbamates (subject to hydrolysis) is 3. The lowest BCUT2D eigenvalue weighted by Gasteiger charge is -2.26. The number of esters is 1. The lowest BCUT2D eigenvalue weighted by Crippen LogP contribution is -2.57. The molecule has 0 radical (unpaired) electrons. The van der Waals surface area contributed by atoms with Gasteiger partial charge in [0, 0.05) is 19.4 Å². The van der Waals surface area contributed by atoms with Crippen molar-refractivity contribution in [2.75, 3.05) is 19.7 Å². The fraction of sp³-hybridized carbons (Fsp3) is 0.550. The van der Waals surface area contributed by atoms with E-state index in [0.29, 0.717) is 11.1 Å². The van der Waals surface area contributed by atoms with Crippen LogP contribution >= 0.6 is 0 Å². The number of phenolic OH excluding ortho intramolecular Hbond substituents is 2. The third kappa shape index (κ3) is 16.1. The van der Waals surface area contributed by atoms with Crippen LogP contribution in [0.3, 0.4) is 0 Å². The SMILES string of the molecule is CC(C)(C)OC(=O)NCCC[C@@H]1NC(=O)[C@@H](NC(=O)OC(C)(C)C)Cc2cc(ccc2O)-c2ccc(O)c(c2)C[C@@H](C(=O)OCCNC(=O)OC(C)(C)C)NC1=O. The molecule has 0 fully saturated rings. The second-order valence-electron chi connectivity index (χ2n) is 16.6. The molecule has 0 spiro atoms.